The normalized spacial score (nSPS) is 16.7. The SMILES string of the molecule is Cc1ccc(N2C[C@H](C(=O)NCCc3c[nH]c4ccc(C)cc34)CC2=O)cc1. The van der Waals surface area contributed by atoms with Crippen molar-refractivity contribution in [3.8, 4) is 0 Å². The Labute approximate surface area is 164 Å². The van der Waals surface area contributed by atoms with E-state index in [9.17, 15) is 9.59 Å². The third kappa shape index (κ3) is 3.65. The van der Waals surface area contributed by atoms with Gasteiger partial charge in [-0.15, -0.1) is 0 Å². The number of hydrogen-bond acceptors (Lipinski definition) is 2. The van der Waals surface area contributed by atoms with Crippen LogP contribution in [0.3, 0.4) is 0 Å². The molecule has 1 aliphatic heterocycles. The van der Waals surface area contributed by atoms with Crippen molar-refractivity contribution in [2.45, 2.75) is 26.7 Å². The minimum Gasteiger partial charge on any atom is -0.361 e. The number of nitrogens with zero attached hydrogens (tertiary/aromatic N) is 1. The van der Waals surface area contributed by atoms with E-state index in [1.54, 1.807) is 4.90 Å². The second-order valence-electron chi connectivity index (χ2n) is 7.64. The van der Waals surface area contributed by atoms with E-state index in [1.165, 1.54) is 16.5 Å². The molecule has 144 valence electrons. The van der Waals surface area contributed by atoms with Gasteiger partial charge in [-0.1, -0.05) is 29.3 Å². The molecule has 28 heavy (non-hydrogen) atoms. The van der Waals surface area contributed by atoms with Gasteiger partial charge in [-0.2, -0.15) is 0 Å². The van der Waals surface area contributed by atoms with Gasteiger partial charge in [-0.3, -0.25) is 9.59 Å². The Morgan fingerprint density at radius 2 is 1.89 bits per heavy atom. The fourth-order valence-electron chi connectivity index (χ4n) is 3.82. The lowest BCUT2D eigenvalue weighted by atomic mass is 10.1. The highest BCUT2D eigenvalue weighted by Crippen LogP contribution is 2.25. The summed E-state index contributed by atoms with van der Waals surface area (Å²) in [6.45, 7) is 5.10. The Bertz CT molecular complexity index is 1020. The molecule has 1 atom stereocenters. The third-order valence-corrected chi connectivity index (χ3v) is 5.46. The molecule has 4 rings (SSSR count). The van der Waals surface area contributed by atoms with Crippen LogP contribution in [0.2, 0.25) is 0 Å². The molecular formula is C23H25N3O2. The number of carbonyl (C=O) groups excluding carboxylic acids is 2. The first-order valence-corrected chi connectivity index (χ1v) is 9.72. The quantitative estimate of drug-likeness (QED) is 0.717. The number of aromatic nitrogens is 1. The number of aryl methyl sites for hydroxylation is 2. The molecule has 0 aliphatic carbocycles. The monoisotopic (exact) mass is 375 g/mol. The van der Waals surface area contributed by atoms with Crippen molar-refractivity contribution in [2.75, 3.05) is 18.0 Å². The minimum absolute atomic E-state index is 0.0103. The average molecular weight is 375 g/mol. The van der Waals surface area contributed by atoms with Crippen LogP contribution in [-0.2, 0) is 16.0 Å². The number of anilines is 1. The van der Waals surface area contributed by atoms with E-state index in [1.807, 2.05) is 37.4 Å². The standard InChI is InChI=1S/C23H25N3O2/c1-15-3-6-19(7-4-15)26-14-18(12-22(26)27)23(28)24-10-9-17-13-25-21-8-5-16(2)11-20(17)21/h3-8,11,13,18,25H,9-10,12,14H2,1-2H3,(H,24,28)/t18-/m1/s1. The molecule has 2 N–H and O–H groups in total. The maximum absolute atomic E-state index is 12.6. The van der Waals surface area contributed by atoms with Gasteiger partial charge in [0.2, 0.25) is 11.8 Å². The predicted molar refractivity (Wildman–Crippen MR) is 111 cm³/mol. The number of amides is 2. The molecule has 3 aromatic rings. The summed E-state index contributed by atoms with van der Waals surface area (Å²) < 4.78 is 0. The van der Waals surface area contributed by atoms with Gasteiger partial charge in [0, 0.05) is 42.3 Å². The molecule has 0 unspecified atom stereocenters. The summed E-state index contributed by atoms with van der Waals surface area (Å²) in [5, 5.41) is 4.22. The van der Waals surface area contributed by atoms with Crippen LogP contribution in [0.25, 0.3) is 10.9 Å². The van der Waals surface area contributed by atoms with Crippen LogP contribution in [0, 0.1) is 19.8 Å². The van der Waals surface area contributed by atoms with Crippen molar-refractivity contribution < 1.29 is 9.59 Å². The van der Waals surface area contributed by atoms with E-state index in [0.717, 1.165) is 23.2 Å². The fourth-order valence-corrected chi connectivity index (χ4v) is 3.82. The van der Waals surface area contributed by atoms with Gasteiger partial charge < -0.3 is 15.2 Å². The summed E-state index contributed by atoms with van der Waals surface area (Å²) in [4.78, 5) is 29.9. The number of H-pyrrole nitrogens is 1. The lowest BCUT2D eigenvalue weighted by molar-refractivity contribution is -0.126. The van der Waals surface area contributed by atoms with Crippen molar-refractivity contribution in [3.63, 3.8) is 0 Å². The number of hydrogen-bond donors (Lipinski definition) is 2. The Hall–Kier alpha value is -3.08. The molecule has 0 bridgehead atoms. The number of aromatic amines is 1. The van der Waals surface area contributed by atoms with Gasteiger partial charge in [-0.05, 0) is 50.1 Å². The molecule has 2 amide bonds. The maximum atomic E-state index is 12.6. The van der Waals surface area contributed by atoms with Crippen LogP contribution in [-0.4, -0.2) is 29.9 Å². The second kappa shape index (κ2) is 7.50. The summed E-state index contributed by atoms with van der Waals surface area (Å²) in [6, 6.07) is 14.2. The zero-order chi connectivity index (χ0) is 19.7. The van der Waals surface area contributed by atoms with Crippen LogP contribution in [0.15, 0.2) is 48.7 Å². The van der Waals surface area contributed by atoms with Crippen LogP contribution in [0.4, 0.5) is 5.69 Å². The largest absolute Gasteiger partial charge is 0.361 e. The van der Waals surface area contributed by atoms with Crippen LogP contribution in [0.1, 0.15) is 23.1 Å². The van der Waals surface area contributed by atoms with Crippen molar-refractivity contribution in [2.24, 2.45) is 5.92 Å². The zero-order valence-electron chi connectivity index (χ0n) is 16.3. The summed E-state index contributed by atoms with van der Waals surface area (Å²) in [7, 11) is 0. The Balaban J connectivity index is 1.34. The number of nitrogens with one attached hydrogen (secondary N) is 2. The van der Waals surface area contributed by atoms with E-state index in [-0.39, 0.29) is 24.2 Å². The van der Waals surface area contributed by atoms with Crippen molar-refractivity contribution in [1.82, 2.24) is 10.3 Å². The van der Waals surface area contributed by atoms with E-state index >= 15 is 0 Å². The highest BCUT2D eigenvalue weighted by molar-refractivity contribution is 6.00. The van der Waals surface area contributed by atoms with Crippen LogP contribution < -0.4 is 10.2 Å². The Morgan fingerprint density at radius 3 is 2.68 bits per heavy atom. The van der Waals surface area contributed by atoms with Crippen molar-refractivity contribution >= 4 is 28.4 Å². The summed E-state index contributed by atoms with van der Waals surface area (Å²) in [5.74, 6) is -0.325. The third-order valence-electron chi connectivity index (χ3n) is 5.46. The molecule has 5 heteroatoms. The molecule has 1 fully saturated rings. The molecule has 5 nitrogen and oxygen atoms in total. The first-order chi connectivity index (χ1) is 13.5. The molecule has 1 aliphatic rings. The van der Waals surface area contributed by atoms with Crippen molar-refractivity contribution in [3.05, 3.63) is 65.4 Å². The molecule has 1 aromatic heterocycles. The topological polar surface area (TPSA) is 65.2 Å². The molecular weight excluding hydrogens is 350 g/mol. The molecule has 0 radical (unpaired) electrons. The molecule has 2 heterocycles. The number of fused-ring (bicyclic) bond motifs is 1. The van der Waals surface area contributed by atoms with Gasteiger partial charge in [0.25, 0.3) is 0 Å². The van der Waals surface area contributed by atoms with E-state index in [0.29, 0.717) is 13.1 Å². The average Bonchev–Trinajstić information content (AvgIpc) is 3.26. The molecule has 2 aromatic carbocycles. The first kappa shape index (κ1) is 18.3. The highest BCUT2D eigenvalue weighted by Gasteiger charge is 2.34. The Kier molecular flexibility index (Phi) is 4.90. The fraction of sp³-hybridized carbons (Fsp3) is 0.304. The summed E-state index contributed by atoms with van der Waals surface area (Å²) in [5.41, 5.74) is 5.54. The van der Waals surface area contributed by atoms with Gasteiger partial charge in [0.05, 0.1) is 5.92 Å². The smallest absolute Gasteiger partial charge is 0.227 e. The lowest BCUT2D eigenvalue weighted by Crippen LogP contribution is -2.34. The van der Waals surface area contributed by atoms with Gasteiger partial charge >= 0.3 is 0 Å². The van der Waals surface area contributed by atoms with Gasteiger partial charge in [-0.25, -0.2) is 0 Å². The van der Waals surface area contributed by atoms with Crippen LogP contribution >= 0.6 is 0 Å². The zero-order valence-corrected chi connectivity index (χ0v) is 16.3. The first-order valence-electron chi connectivity index (χ1n) is 9.72. The number of benzene rings is 2. The van der Waals surface area contributed by atoms with Crippen molar-refractivity contribution in [1.29, 1.82) is 0 Å². The second-order valence-corrected chi connectivity index (χ2v) is 7.64. The molecule has 0 spiro atoms. The highest BCUT2D eigenvalue weighted by atomic mass is 16.2. The minimum atomic E-state index is -0.293. The van der Waals surface area contributed by atoms with E-state index in [2.05, 4.69) is 35.4 Å². The van der Waals surface area contributed by atoms with Crippen LogP contribution in [0.5, 0.6) is 0 Å². The van der Waals surface area contributed by atoms with Gasteiger partial charge in [0.1, 0.15) is 0 Å². The van der Waals surface area contributed by atoms with Gasteiger partial charge in [0.15, 0.2) is 0 Å². The Morgan fingerprint density at radius 1 is 1.14 bits per heavy atom. The summed E-state index contributed by atoms with van der Waals surface area (Å²) in [6.07, 6.45) is 3.04. The molecule has 0 saturated carbocycles. The van der Waals surface area contributed by atoms with E-state index in [4.69, 9.17) is 0 Å². The van der Waals surface area contributed by atoms with E-state index < -0.39 is 0 Å². The maximum Gasteiger partial charge on any atom is 0.227 e. The number of rotatable bonds is 5. The number of carbonyl (C=O) groups is 2. The lowest BCUT2D eigenvalue weighted by Gasteiger charge is -2.17. The summed E-state index contributed by atoms with van der Waals surface area (Å²) >= 11 is 0. The molecule has 1 saturated heterocycles. The predicted octanol–water partition coefficient (Wildman–Crippen LogP) is 3.50.